The second-order valence-electron chi connectivity index (χ2n) is 12.1. The number of carbonyl (C=O) groups excluding carboxylic acids is 1. The van der Waals surface area contributed by atoms with E-state index in [1.54, 1.807) is 18.2 Å². The van der Waals surface area contributed by atoms with Gasteiger partial charge in [-0.3, -0.25) is 19.7 Å². The quantitative estimate of drug-likeness (QED) is 0.288. The Morgan fingerprint density at radius 2 is 1.93 bits per heavy atom. The fourth-order valence-electron chi connectivity index (χ4n) is 8.12. The maximum Gasteiger partial charge on any atom is 0.269 e. The lowest BCUT2D eigenvalue weighted by molar-refractivity contribution is -0.384. The second-order valence-corrected chi connectivity index (χ2v) is 12.1. The number of carbonyl (C=O) groups is 1. The Morgan fingerprint density at radius 3 is 2.76 bits per heavy atom. The summed E-state index contributed by atoms with van der Waals surface area (Å²) in [4.78, 5) is 46.1. The van der Waals surface area contributed by atoms with E-state index in [0.29, 0.717) is 32.6 Å². The molecule has 0 saturated carbocycles. The third kappa shape index (κ3) is 3.83. The summed E-state index contributed by atoms with van der Waals surface area (Å²) in [6.07, 6.45) is 6.39. The molecule has 2 unspecified atom stereocenters. The number of benzene rings is 2. The number of rotatable bonds is 3. The van der Waals surface area contributed by atoms with Crippen molar-refractivity contribution in [3.63, 3.8) is 0 Å². The molecule has 0 spiro atoms. The molecule has 2 aromatic heterocycles. The van der Waals surface area contributed by atoms with Crippen LogP contribution in [-0.2, 0) is 17.8 Å². The number of aromatic nitrogens is 2. The Kier molecular flexibility index (Phi) is 5.64. The Morgan fingerprint density at radius 1 is 1.05 bits per heavy atom. The number of pyridine rings is 1. The Bertz CT molecular complexity index is 1850. The molecule has 2 bridgehead atoms. The van der Waals surface area contributed by atoms with E-state index in [-0.39, 0.29) is 45.9 Å². The normalized spacial score (nSPS) is 24.4. The summed E-state index contributed by atoms with van der Waals surface area (Å²) in [6.45, 7) is 2.44. The zero-order valence-electron chi connectivity index (χ0n) is 23.1. The van der Waals surface area contributed by atoms with E-state index >= 15 is 0 Å². The fraction of sp³-hybridized carbons (Fsp3) is 0.333. The summed E-state index contributed by atoms with van der Waals surface area (Å²) in [5, 5.41) is 12.8. The number of hydrogen-bond donors (Lipinski definition) is 1. The lowest BCUT2D eigenvalue weighted by Gasteiger charge is -2.54. The van der Waals surface area contributed by atoms with Crippen LogP contribution in [0, 0.1) is 22.0 Å². The predicted molar refractivity (Wildman–Crippen MR) is 160 cm³/mol. The Labute approximate surface area is 242 Å². The van der Waals surface area contributed by atoms with Gasteiger partial charge in [-0.1, -0.05) is 30.3 Å². The van der Waals surface area contributed by atoms with E-state index in [9.17, 15) is 19.7 Å². The second kappa shape index (κ2) is 9.44. The number of amides is 1. The van der Waals surface area contributed by atoms with Gasteiger partial charge in [-0.15, -0.1) is 0 Å². The van der Waals surface area contributed by atoms with Crippen molar-refractivity contribution in [1.82, 2.24) is 14.5 Å². The number of nitrogens with zero attached hydrogens (tertiary/aromatic N) is 4. The summed E-state index contributed by atoms with van der Waals surface area (Å²) in [5.74, 6) is 0.0636. The zero-order valence-corrected chi connectivity index (χ0v) is 23.1. The number of nitro groups is 1. The van der Waals surface area contributed by atoms with Crippen LogP contribution in [-0.4, -0.2) is 51.0 Å². The molecule has 42 heavy (non-hydrogen) atoms. The van der Waals surface area contributed by atoms with Crippen molar-refractivity contribution in [2.75, 3.05) is 24.5 Å². The van der Waals surface area contributed by atoms with E-state index in [1.165, 1.54) is 16.5 Å². The average Bonchev–Trinajstić information content (AvgIpc) is 3.45. The number of H-pyrrole nitrogens is 1. The number of nitrogens with one attached hydrogen (secondary N) is 1. The average molecular weight is 562 g/mol. The number of nitro benzene ring substituents is 1. The highest BCUT2D eigenvalue weighted by molar-refractivity contribution is 5.93. The number of aromatic amines is 1. The lowest BCUT2D eigenvalue weighted by atomic mass is 9.69. The Balaban J connectivity index is 1.14. The van der Waals surface area contributed by atoms with Crippen LogP contribution >= 0.6 is 0 Å². The Hall–Kier alpha value is -4.66. The SMILES string of the molecule is O=C([C@@H]1Cc2cc([N+](=O)[O-])ccc2N2CC3CC(Cn4c3cccc4=O)[C@@H]12)N1CC=C(c2c[nH]c3ccccc23)CC1. The van der Waals surface area contributed by atoms with E-state index < -0.39 is 0 Å². The smallest absolute Gasteiger partial charge is 0.269 e. The van der Waals surface area contributed by atoms with Gasteiger partial charge in [-0.25, -0.2) is 0 Å². The molecule has 9 heteroatoms. The minimum absolute atomic E-state index is 0.0105. The molecule has 4 aliphatic rings. The monoisotopic (exact) mass is 561 g/mol. The van der Waals surface area contributed by atoms with Gasteiger partial charge in [0.25, 0.3) is 11.2 Å². The van der Waals surface area contributed by atoms with Crippen molar-refractivity contribution in [3.05, 3.63) is 110 Å². The third-order valence-corrected chi connectivity index (χ3v) is 9.97. The van der Waals surface area contributed by atoms with Crippen molar-refractivity contribution in [2.45, 2.75) is 37.8 Å². The highest BCUT2D eigenvalue weighted by Gasteiger charge is 2.50. The molecule has 4 aliphatic heterocycles. The summed E-state index contributed by atoms with van der Waals surface area (Å²) < 4.78 is 1.90. The molecule has 0 radical (unpaired) electrons. The summed E-state index contributed by atoms with van der Waals surface area (Å²) >= 11 is 0. The minimum atomic E-state index is -0.363. The molecular weight excluding hydrogens is 530 g/mol. The van der Waals surface area contributed by atoms with Crippen LogP contribution in [0.2, 0.25) is 0 Å². The largest absolute Gasteiger partial charge is 0.366 e. The summed E-state index contributed by atoms with van der Waals surface area (Å²) in [6, 6.07) is 18.8. The molecule has 6 heterocycles. The van der Waals surface area contributed by atoms with Gasteiger partial charge in [-0.2, -0.15) is 0 Å². The van der Waals surface area contributed by atoms with Gasteiger partial charge >= 0.3 is 0 Å². The van der Waals surface area contributed by atoms with Crippen molar-refractivity contribution in [1.29, 1.82) is 0 Å². The number of para-hydroxylation sites is 1. The molecule has 0 aliphatic carbocycles. The number of fused-ring (bicyclic) bond motifs is 9. The first-order chi connectivity index (χ1) is 20.5. The standard InChI is InChI=1S/C33H31N5O4/c39-31-7-3-6-29-22-14-23(19-36(29)31)32-26(16-21-15-24(38(41)42)8-9-30(21)37(32)18-22)33(40)35-12-10-20(11-13-35)27-17-34-28-5-2-1-4-25(27)28/h1-10,15,17,22-23,26,32,34H,11-14,16,18-19H2/t22?,23?,26-,32+/m1/s1. The van der Waals surface area contributed by atoms with Gasteiger partial charge in [-0.05, 0) is 54.5 Å². The molecule has 4 aromatic rings. The maximum absolute atomic E-state index is 14.4. The first kappa shape index (κ1) is 25.1. The minimum Gasteiger partial charge on any atom is -0.366 e. The van der Waals surface area contributed by atoms with Crippen molar-refractivity contribution >= 4 is 33.8 Å². The molecule has 1 saturated heterocycles. The summed E-state index contributed by atoms with van der Waals surface area (Å²) in [7, 11) is 0. The van der Waals surface area contributed by atoms with Crippen LogP contribution in [0.25, 0.3) is 16.5 Å². The first-order valence-corrected chi connectivity index (χ1v) is 14.7. The van der Waals surface area contributed by atoms with Gasteiger partial charge in [0.1, 0.15) is 0 Å². The number of anilines is 1. The van der Waals surface area contributed by atoms with Crippen molar-refractivity contribution in [2.24, 2.45) is 11.8 Å². The lowest BCUT2D eigenvalue weighted by Crippen LogP contribution is -2.61. The maximum atomic E-state index is 14.4. The van der Waals surface area contributed by atoms with Crippen LogP contribution in [0.4, 0.5) is 11.4 Å². The predicted octanol–water partition coefficient (Wildman–Crippen LogP) is 4.72. The molecule has 9 nitrogen and oxygen atoms in total. The van der Waals surface area contributed by atoms with Crippen LogP contribution in [0.1, 0.15) is 35.6 Å². The first-order valence-electron chi connectivity index (χ1n) is 14.7. The molecule has 2 aromatic carbocycles. The van der Waals surface area contributed by atoms with Crippen molar-refractivity contribution in [3.8, 4) is 0 Å². The van der Waals surface area contributed by atoms with Crippen LogP contribution in [0.15, 0.2) is 77.7 Å². The zero-order chi connectivity index (χ0) is 28.5. The van der Waals surface area contributed by atoms with Crippen LogP contribution in [0.5, 0.6) is 0 Å². The molecule has 8 rings (SSSR count). The molecule has 4 atom stereocenters. The van der Waals surface area contributed by atoms with Gasteiger partial charge in [0.15, 0.2) is 0 Å². The molecule has 1 fully saturated rings. The molecule has 212 valence electrons. The van der Waals surface area contributed by atoms with E-state index in [1.807, 2.05) is 39.8 Å². The van der Waals surface area contributed by atoms with Crippen LogP contribution in [0.3, 0.4) is 0 Å². The van der Waals surface area contributed by atoms with Gasteiger partial charge in [0.05, 0.1) is 10.8 Å². The van der Waals surface area contributed by atoms with Crippen LogP contribution < -0.4 is 10.5 Å². The van der Waals surface area contributed by atoms with E-state index in [4.69, 9.17) is 0 Å². The van der Waals surface area contributed by atoms with Gasteiger partial charge in [0.2, 0.25) is 5.91 Å². The molecule has 1 N–H and O–H groups in total. The highest BCUT2D eigenvalue weighted by atomic mass is 16.6. The number of piperidine rings is 1. The fourth-order valence-corrected chi connectivity index (χ4v) is 8.12. The number of hydrogen-bond acceptors (Lipinski definition) is 5. The van der Waals surface area contributed by atoms with Gasteiger partial charge in [0, 0.05) is 90.4 Å². The topological polar surface area (TPSA) is 104 Å². The molecule has 1 amide bonds. The molecular formula is C33H31N5O4. The summed E-state index contributed by atoms with van der Waals surface area (Å²) in [5.41, 5.74) is 6.48. The van der Waals surface area contributed by atoms with E-state index in [2.05, 4.69) is 34.3 Å². The van der Waals surface area contributed by atoms with E-state index in [0.717, 1.165) is 35.3 Å². The van der Waals surface area contributed by atoms with Gasteiger partial charge < -0.3 is 19.4 Å². The third-order valence-electron chi connectivity index (χ3n) is 9.97. The highest BCUT2D eigenvalue weighted by Crippen LogP contribution is 2.48. The van der Waals surface area contributed by atoms with Crippen molar-refractivity contribution < 1.29 is 9.72 Å². The number of non-ortho nitro benzene ring substituents is 1.